The summed E-state index contributed by atoms with van der Waals surface area (Å²) in [6, 6.07) is 34.8. The number of hydrogen-bond acceptors (Lipinski definition) is 1. The van der Waals surface area contributed by atoms with Crippen LogP contribution in [0.3, 0.4) is 0 Å². The monoisotopic (exact) mass is 433 g/mol. The molecule has 0 aliphatic rings. The Bertz CT molecular complexity index is 2060. The lowest BCUT2D eigenvalue weighted by Gasteiger charge is -2.10. The van der Waals surface area contributed by atoms with E-state index in [1.54, 1.807) is 0 Å². The number of H-pyrrole nitrogens is 1. The zero-order chi connectivity index (χ0) is 22.2. The second kappa shape index (κ2) is 6.46. The number of hydrogen-bond donors (Lipinski definition) is 1. The number of aromatic amines is 1. The summed E-state index contributed by atoms with van der Waals surface area (Å²) in [4.78, 5) is 8.27. The maximum absolute atomic E-state index is 4.44. The first-order valence-electron chi connectivity index (χ1n) is 11.6. The van der Waals surface area contributed by atoms with E-state index in [4.69, 9.17) is 0 Å². The Kier molecular flexibility index (Phi) is 3.39. The molecule has 3 heterocycles. The molecule has 0 fully saturated rings. The standard InChI is InChI=1S/C31H19N3/c1-2-10-21-19(8-1)15-16-25-27(21)28-22-11-3-4-12-23(22)31-29(30(28)33-25)24-13-5-6-14-26(24)34(31)20-9-7-17-32-18-20/h1-18,33H. The predicted octanol–water partition coefficient (Wildman–Crippen LogP) is 8.12. The van der Waals surface area contributed by atoms with Crippen LogP contribution in [0.1, 0.15) is 0 Å². The average molecular weight is 434 g/mol. The Morgan fingerprint density at radius 2 is 1.35 bits per heavy atom. The van der Waals surface area contributed by atoms with Crippen LogP contribution in [0, 0.1) is 0 Å². The fourth-order valence-electron chi connectivity index (χ4n) is 5.83. The molecule has 3 aromatic heterocycles. The van der Waals surface area contributed by atoms with E-state index in [9.17, 15) is 0 Å². The number of nitrogens with zero attached hydrogens (tertiary/aromatic N) is 2. The number of aromatic nitrogens is 3. The molecule has 34 heavy (non-hydrogen) atoms. The predicted molar refractivity (Wildman–Crippen MR) is 143 cm³/mol. The molecule has 0 saturated carbocycles. The largest absolute Gasteiger partial charge is 0.354 e. The summed E-state index contributed by atoms with van der Waals surface area (Å²) in [6.45, 7) is 0. The first-order chi connectivity index (χ1) is 16.9. The third-order valence-corrected chi connectivity index (χ3v) is 7.17. The number of benzene rings is 5. The van der Waals surface area contributed by atoms with Crippen LogP contribution in [-0.4, -0.2) is 14.5 Å². The van der Waals surface area contributed by atoms with Crippen LogP contribution in [-0.2, 0) is 0 Å². The number of pyridine rings is 1. The Labute approximate surface area is 194 Å². The molecule has 0 amide bonds. The molecule has 0 aliphatic carbocycles. The smallest absolute Gasteiger partial charge is 0.0645 e. The van der Waals surface area contributed by atoms with Gasteiger partial charge < -0.3 is 9.55 Å². The van der Waals surface area contributed by atoms with Gasteiger partial charge in [0.05, 0.1) is 28.4 Å². The van der Waals surface area contributed by atoms with E-state index in [1.807, 2.05) is 18.5 Å². The highest BCUT2D eigenvalue weighted by Gasteiger charge is 2.21. The van der Waals surface area contributed by atoms with Crippen LogP contribution in [0.15, 0.2) is 109 Å². The van der Waals surface area contributed by atoms with Crippen molar-refractivity contribution in [2.45, 2.75) is 0 Å². The first-order valence-corrected chi connectivity index (χ1v) is 11.6. The molecular formula is C31H19N3. The number of nitrogens with one attached hydrogen (secondary N) is 1. The maximum atomic E-state index is 4.44. The van der Waals surface area contributed by atoms with E-state index >= 15 is 0 Å². The Morgan fingerprint density at radius 3 is 2.21 bits per heavy atom. The summed E-state index contributed by atoms with van der Waals surface area (Å²) in [5.41, 5.74) is 5.84. The van der Waals surface area contributed by atoms with Crippen LogP contribution in [0.5, 0.6) is 0 Å². The fourth-order valence-corrected chi connectivity index (χ4v) is 5.83. The van der Waals surface area contributed by atoms with Crippen LogP contribution >= 0.6 is 0 Å². The lowest BCUT2D eigenvalue weighted by molar-refractivity contribution is 1.15. The second-order valence-corrected chi connectivity index (χ2v) is 8.92. The normalized spacial score (nSPS) is 12.1. The molecule has 0 radical (unpaired) electrons. The van der Waals surface area contributed by atoms with E-state index in [0.29, 0.717) is 0 Å². The number of para-hydroxylation sites is 1. The van der Waals surface area contributed by atoms with E-state index in [0.717, 1.165) is 5.69 Å². The van der Waals surface area contributed by atoms with E-state index < -0.39 is 0 Å². The summed E-state index contributed by atoms with van der Waals surface area (Å²) >= 11 is 0. The van der Waals surface area contributed by atoms with Gasteiger partial charge in [-0.25, -0.2) is 0 Å². The van der Waals surface area contributed by atoms with Gasteiger partial charge >= 0.3 is 0 Å². The van der Waals surface area contributed by atoms with Gasteiger partial charge in [-0.2, -0.15) is 0 Å². The van der Waals surface area contributed by atoms with Crippen LogP contribution in [0.2, 0.25) is 0 Å². The molecular weight excluding hydrogens is 414 g/mol. The van der Waals surface area contributed by atoms with Gasteiger partial charge in [-0.1, -0.05) is 72.8 Å². The fraction of sp³-hybridized carbons (Fsp3) is 0. The molecule has 0 unspecified atom stereocenters. The molecule has 0 aliphatic heterocycles. The minimum Gasteiger partial charge on any atom is -0.354 e. The summed E-state index contributed by atoms with van der Waals surface area (Å²) in [5.74, 6) is 0. The topological polar surface area (TPSA) is 33.6 Å². The van der Waals surface area contributed by atoms with Gasteiger partial charge in [-0.05, 0) is 40.4 Å². The van der Waals surface area contributed by atoms with Crippen molar-refractivity contribution in [3.63, 3.8) is 0 Å². The molecule has 8 rings (SSSR count). The highest BCUT2D eigenvalue weighted by molar-refractivity contribution is 6.38. The SMILES string of the molecule is c1cncc(-n2c3ccccc3c3c4[nH]c5ccc6ccccc6c5c4c4ccccc4c32)c1. The molecule has 0 atom stereocenters. The highest BCUT2D eigenvalue weighted by Crippen LogP contribution is 2.45. The molecule has 0 bridgehead atoms. The van der Waals surface area contributed by atoms with Gasteiger partial charge in [0.2, 0.25) is 0 Å². The summed E-state index contributed by atoms with van der Waals surface area (Å²) in [6.07, 6.45) is 3.78. The van der Waals surface area contributed by atoms with E-state index in [2.05, 4.69) is 106 Å². The number of fused-ring (bicyclic) bond motifs is 12. The minimum atomic E-state index is 1.07. The maximum Gasteiger partial charge on any atom is 0.0645 e. The molecule has 3 heteroatoms. The summed E-state index contributed by atoms with van der Waals surface area (Å²) < 4.78 is 2.36. The summed E-state index contributed by atoms with van der Waals surface area (Å²) in [7, 11) is 0. The molecule has 3 nitrogen and oxygen atoms in total. The van der Waals surface area contributed by atoms with Crippen LogP contribution < -0.4 is 0 Å². The van der Waals surface area contributed by atoms with Crippen molar-refractivity contribution >= 4 is 65.2 Å². The lowest BCUT2D eigenvalue weighted by atomic mass is 9.97. The molecule has 8 aromatic rings. The molecule has 0 saturated heterocycles. The van der Waals surface area contributed by atoms with E-state index in [1.165, 1.54) is 65.2 Å². The third kappa shape index (κ3) is 2.18. The van der Waals surface area contributed by atoms with Gasteiger partial charge in [0.15, 0.2) is 0 Å². The van der Waals surface area contributed by atoms with Crippen molar-refractivity contribution in [2.24, 2.45) is 0 Å². The van der Waals surface area contributed by atoms with Crippen molar-refractivity contribution in [1.29, 1.82) is 0 Å². The first kappa shape index (κ1) is 17.9. The molecule has 5 aromatic carbocycles. The van der Waals surface area contributed by atoms with Gasteiger partial charge in [-0.15, -0.1) is 0 Å². The minimum absolute atomic E-state index is 1.07. The molecule has 0 spiro atoms. The Balaban J connectivity index is 1.75. The van der Waals surface area contributed by atoms with Gasteiger partial charge in [0, 0.05) is 38.6 Å². The van der Waals surface area contributed by atoms with Crippen molar-refractivity contribution < 1.29 is 0 Å². The zero-order valence-corrected chi connectivity index (χ0v) is 18.3. The van der Waals surface area contributed by atoms with Crippen LogP contribution in [0.25, 0.3) is 70.8 Å². The van der Waals surface area contributed by atoms with Crippen molar-refractivity contribution in [2.75, 3.05) is 0 Å². The third-order valence-electron chi connectivity index (χ3n) is 7.17. The van der Waals surface area contributed by atoms with Crippen molar-refractivity contribution in [3.8, 4) is 5.69 Å². The highest BCUT2D eigenvalue weighted by atomic mass is 15.0. The average Bonchev–Trinajstić information content (AvgIpc) is 3.46. The Morgan fingerprint density at radius 1 is 0.588 bits per heavy atom. The quantitative estimate of drug-likeness (QED) is 0.279. The number of rotatable bonds is 1. The molecule has 158 valence electrons. The van der Waals surface area contributed by atoms with E-state index in [-0.39, 0.29) is 0 Å². The van der Waals surface area contributed by atoms with Crippen molar-refractivity contribution in [1.82, 2.24) is 14.5 Å². The van der Waals surface area contributed by atoms with Gasteiger partial charge in [0.25, 0.3) is 0 Å². The Hall–Kier alpha value is -4.63. The lowest BCUT2D eigenvalue weighted by Crippen LogP contribution is -1.95. The van der Waals surface area contributed by atoms with Gasteiger partial charge in [-0.3, -0.25) is 4.98 Å². The summed E-state index contributed by atoms with van der Waals surface area (Å²) in [5, 5.41) is 10.2. The van der Waals surface area contributed by atoms with Gasteiger partial charge in [0.1, 0.15) is 0 Å². The second-order valence-electron chi connectivity index (χ2n) is 8.92. The zero-order valence-electron chi connectivity index (χ0n) is 18.3. The molecule has 1 N–H and O–H groups in total. The van der Waals surface area contributed by atoms with Crippen molar-refractivity contribution in [3.05, 3.63) is 109 Å². The van der Waals surface area contributed by atoms with Crippen LogP contribution in [0.4, 0.5) is 0 Å².